The van der Waals surface area contributed by atoms with E-state index in [-0.39, 0.29) is 0 Å². The Morgan fingerprint density at radius 3 is 2.82 bits per heavy atom. The largest absolute Gasteiger partial charge is 0.351 e. The molecule has 0 bridgehead atoms. The molecule has 4 heteroatoms. The highest BCUT2D eigenvalue weighted by molar-refractivity contribution is 5.47. The Bertz CT molecular complexity index is 449. The zero-order valence-corrected chi connectivity index (χ0v) is 10.6. The van der Waals surface area contributed by atoms with Crippen LogP contribution in [0, 0.1) is 18.3 Å². The Morgan fingerprint density at radius 1 is 1.41 bits per heavy atom. The first-order valence-electron chi connectivity index (χ1n) is 5.94. The maximum Gasteiger partial charge on any atom is 0.130 e. The summed E-state index contributed by atoms with van der Waals surface area (Å²) in [6.07, 6.45) is 0. The van der Waals surface area contributed by atoms with Crippen LogP contribution in [0.1, 0.15) is 18.2 Å². The molecule has 17 heavy (non-hydrogen) atoms. The van der Waals surface area contributed by atoms with Gasteiger partial charge in [-0.25, -0.2) is 4.98 Å². The van der Waals surface area contributed by atoms with Crippen LogP contribution in [0.5, 0.6) is 0 Å². The molecule has 1 aliphatic heterocycles. The quantitative estimate of drug-likeness (QED) is 0.731. The molecule has 1 aromatic rings. The topological polar surface area (TPSA) is 43.2 Å². The summed E-state index contributed by atoms with van der Waals surface area (Å²) in [5, 5.41) is 8.99. The molecule has 1 aliphatic rings. The first-order chi connectivity index (χ1) is 8.10. The second kappa shape index (κ2) is 4.72. The summed E-state index contributed by atoms with van der Waals surface area (Å²) in [6.45, 7) is 7.19. The van der Waals surface area contributed by atoms with Gasteiger partial charge in [-0.2, -0.15) is 5.26 Å². The molecule has 0 radical (unpaired) electrons. The van der Waals surface area contributed by atoms with Gasteiger partial charge in [-0.1, -0.05) is 0 Å². The highest BCUT2D eigenvalue weighted by Crippen LogP contribution is 2.19. The van der Waals surface area contributed by atoms with Crippen molar-refractivity contribution in [3.63, 3.8) is 0 Å². The summed E-state index contributed by atoms with van der Waals surface area (Å²) in [4.78, 5) is 9.14. The van der Waals surface area contributed by atoms with E-state index in [1.165, 1.54) is 0 Å². The van der Waals surface area contributed by atoms with E-state index < -0.39 is 0 Å². The number of anilines is 1. The van der Waals surface area contributed by atoms with Gasteiger partial charge >= 0.3 is 0 Å². The maximum absolute atomic E-state index is 8.99. The first-order valence-corrected chi connectivity index (χ1v) is 5.94. The van der Waals surface area contributed by atoms with Crippen LogP contribution in [-0.2, 0) is 0 Å². The minimum absolute atomic E-state index is 0.439. The van der Waals surface area contributed by atoms with Crippen LogP contribution in [0.25, 0.3) is 0 Å². The van der Waals surface area contributed by atoms with Crippen molar-refractivity contribution in [2.45, 2.75) is 19.9 Å². The van der Waals surface area contributed by atoms with Gasteiger partial charge in [0.25, 0.3) is 0 Å². The third-order valence-corrected chi connectivity index (χ3v) is 3.19. The van der Waals surface area contributed by atoms with E-state index in [2.05, 4.69) is 34.8 Å². The molecule has 0 N–H and O–H groups in total. The Hall–Kier alpha value is -1.60. The molecule has 1 unspecified atom stereocenters. The van der Waals surface area contributed by atoms with Crippen molar-refractivity contribution in [1.82, 2.24) is 9.88 Å². The molecule has 4 nitrogen and oxygen atoms in total. The molecular formula is C13H18N4. The number of nitriles is 1. The minimum atomic E-state index is 0.439. The number of rotatable bonds is 1. The fourth-order valence-corrected chi connectivity index (χ4v) is 2.34. The van der Waals surface area contributed by atoms with Crippen molar-refractivity contribution in [2.75, 3.05) is 31.6 Å². The summed E-state index contributed by atoms with van der Waals surface area (Å²) in [6, 6.07) is 6.34. The molecule has 0 amide bonds. The fourth-order valence-electron chi connectivity index (χ4n) is 2.34. The van der Waals surface area contributed by atoms with Crippen molar-refractivity contribution >= 4 is 5.82 Å². The lowest BCUT2D eigenvalue weighted by molar-refractivity contribution is 0.274. The Labute approximate surface area is 102 Å². The molecule has 1 saturated heterocycles. The van der Waals surface area contributed by atoms with Gasteiger partial charge in [-0.3, -0.25) is 0 Å². The van der Waals surface area contributed by atoms with Crippen LogP contribution in [0.15, 0.2) is 12.1 Å². The van der Waals surface area contributed by atoms with Gasteiger partial charge in [0, 0.05) is 31.4 Å². The molecule has 0 aromatic carbocycles. The number of nitrogens with zero attached hydrogens (tertiary/aromatic N) is 4. The number of hydrogen-bond donors (Lipinski definition) is 0. The van der Waals surface area contributed by atoms with E-state index in [0.717, 1.165) is 31.1 Å². The third kappa shape index (κ3) is 2.56. The van der Waals surface area contributed by atoms with Gasteiger partial charge in [0.15, 0.2) is 0 Å². The predicted octanol–water partition coefficient (Wildman–Crippen LogP) is 1.40. The summed E-state index contributed by atoms with van der Waals surface area (Å²) in [5.41, 5.74) is 1.60. The van der Waals surface area contributed by atoms with Gasteiger partial charge < -0.3 is 9.80 Å². The summed E-state index contributed by atoms with van der Waals surface area (Å²) in [7, 11) is 2.14. The molecule has 2 heterocycles. The fraction of sp³-hybridized carbons (Fsp3) is 0.538. The first kappa shape index (κ1) is 11.9. The lowest BCUT2D eigenvalue weighted by Crippen LogP contribution is -2.50. The zero-order valence-electron chi connectivity index (χ0n) is 10.6. The lowest BCUT2D eigenvalue weighted by atomic mass is 10.1. The van der Waals surface area contributed by atoms with Gasteiger partial charge in [0.05, 0.1) is 11.6 Å². The molecule has 1 aromatic heterocycles. The van der Waals surface area contributed by atoms with E-state index in [1.807, 2.05) is 19.1 Å². The van der Waals surface area contributed by atoms with Crippen LogP contribution >= 0.6 is 0 Å². The number of pyridine rings is 1. The minimum Gasteiger partial charge on any atom is -0.351 e. The predicted molar refractivity (Wildman–Crippen MR) is 68.0 cm³/mol. The smallest absolute Gasteiger partial charge is 0.130 e. The van der Waals surface area contributed by atoms with Crippen LogP contribution in [-0.4, -0.2) is 42.6 Å². The third-order valence-electron chi connectivity index (χ3n) is 3.19. The van der Waals surface area contributed by atoms with Gasteiger partial charge in [-0.15, -0.1) is 0 Å². The van der Waals surface area contributed by atoms with E-state index in [4.69, 9.17) is 5.26 Å². The number of aromatic nitrogens is 1. The number of likely N-dealkylation sites (N-methyl/N-ethyl adjacent to an activating group) is 1. The summed E-state index contributed by atoms with van der Waals surface area (Å²) >= 11 is 0. The highest BCUT2D eigenvalue weighted by Gasteiger charge is 2.22. The number of piperazine rings is 1. The molecule has 2 rings (SSSR count). The summed E-state index contributed by atoms with van der Waals surface area (Å²) < 4.78 is 0. The van der Waals surface area contributed by atoms with E-state index >= 15 is 0 Å². The number of aryl methyl sites for hydroxylation is 1. The van der Waals surface area contributed by atoms with E-state index in [0.29, 0.717) is 11.6 Å². The SMILES string of the molecule is Cc1cc(C#N)cc(N2CCN(C)CC2C)n1. The van der Waals surface area contributed by atoms with Gasteiger partial charge in [0.1, 0.15) is 5.82 Å². The van der Waals surface area contributed by atoms with Crippen LogP contribution in [0.2, 0.25) is 0 Å². The molecule has 1 fully saturated rings. The molecule has 0 saturated carbocycles. The van der Waals surface area contributed by atoms with Crippen LogP contribution in [0.4, 0.5) is 5.82 Å². The van der Waals surface area contributed by atoms with Crippen molar-refractivity contribution < 1.29 is 0 Å². The molecule has 0 spiro atoms. The number of hydrogen-bond acceptors (Lipinski definition) is 4. The van der Waals surface area contributed by atoms with Gasteiger partial charge in [-0.05, 0) is 33.0 Å². The van der Waals surface area contributed by atoms with Crippen LogP contribution < -0.4 is 4.90 Å². The second-order valence-corrected chi connectivity index (χ2v) is 4.77. The standard InChI is InChI=1S/C13H18N4/c1-10-6-12(8-14)7-13(15-10)17-5-4-16(3)9-11(17)2/h6-7,11H,4-5,9H2,1-3H3. The van der Waals surface area contributed by atoms with Crippen molar-refractivity contribution in [3.8, 4) is 6.07 Å². The Kier molecular flexibility index (Phi) is 3.30. The zero-order chi connectivity index (χ0) is 12.4. The lowest BCUT2D eigenvalue weighted by Gasteiger charge is -2.39. The van der Waals surface area contributed by atoms with Crippen molar-refractivity contribution in [2.24, 2.45) is 0 Å². The second-order valence-electron chi connectivity index (χ2n) is 4.77. The van der Waals surface area contributed by atoms with Crippen molar-refractivity contribution in [3.05, 3.63) is 23.4 Å². The summed E-state index contributed by atoms with van der Waals surface area (Å²) in [5.74, 6) is 0.933. The molecule has 90 valence electrons. The Morgan fingerprint density at radius 2 is 2.18 bits per heavy atom. The maximum atomic E-state index is 8.99. The molecular weight excluding hydrogens is 212 g/mol. The highest BCUT2D eigenvalue weighted by atomic mass is 15.3. The molecule has 1 atom stereocenters. The average Bonchev–Trinajstić information content (AvgIpc) is 2.28. The van der Waals surface area contributed by atoms with Gasteiger partial charge in [0.2, 0.25) is 0 Å². The normalized spacial score (nSPS) is 21.3. The van der Waals surface area contributed by atoms with Crippen LogP contribution in [0.3, 0.4) is 0 Å². The van der Waals surface area contributed by atoms with E-state index in [9.17, 15) is 0 Å². The van der Waals surface area contributed by atoms with Crippen molar-refractivity contribution in [1.29, 1.82) is 5.26 Å². The van der Waals surface area contributed by atoms with E-state index in [1.54, 1.807) is 0 Å². The monoisotopic (exact) mass is 230 g/mol. The Balaban J connectivity index is 2.28. The average molecular weight is 230 g/mol. The molecule has 0 aliphatic carbocycles.